The normalized spacial score (nSPS) is 13.2. The minimum atomic E-state index is -0.186. The summed E-state index contributed by atoms with van der Waals surface area (Å²) < 4.78 is 11.6. The molecular weight excluding hydrogens is 496 g/mol. The summed E-state index contributed by atoms with van der Waals surface area (Å²) in [6.45, 7) is 7.98. The monoisotopic (exact) mass is 534 g/mol. The van der Waals surface area contributed by atoms with Crippen molar-refractivity contribution in [2.24, 2.45) is 21.9 Å². The van der Waals surface area contributed by atoms with E-state index < -0.39 is 0 Å². The summed E-state index contributed by atoms with van der Waals surface area (Å²) in [7, 11) is 0. The van der Waals surface area contributed by atoms with E-state index in [1.807, 2.05) is 81.5 Å². The molecule has 38 heavy (non-hydrogen) atoms. The first kappa shape index (κ1) is 30.7. The molecule has 5 N–H and O–H groups in total. The van der Waals surface area contributed by atoms with E-state index >= 15 is 0 Å². The van der Waals surface area contributed by atoms with E-state index in [0.29, 0.717) is 50.0 Å². The zero-order valence-corrected chi connectivity index (χ0v) is 23.2. The van der Waals surface area contributed by atoms with Crippen molar-refractivity contribution in [1.82, 2.24) is 5.32 Å². The number of carbonyl (C=O) groups is 1. The Bertz CT molecular complexity index is 1180. The molecule has 7 nitrogen and oxygen atoms in total. The van der Waals surface area contributed by atoms with Crippen molar-refractivity contribution >= 4 is 30.8 Å². The minimum absolute atomic E-state index is 0.149. The summed E-state index contributed by atoms with van der Waals surface area (Å²) >= 11 is 4.43. The Balaban J connectivity index is 1.80. The molecule has 8 heteroatoms. The Morgan fingerprint density at radius 3 is 2.63 bits per heavy atom. The van der Waals surface area contributed by atoms with Crippen molar-refractivity contribution in [3.8, 4) is 17.6 Å². The van der Waals surface area contributed by atoms with Crippen molar-refractivity contribution in [2.75, 3.05) is 26.3 Å². The second-order valence-electron chi connectivity index (χ2n) is 9.45. The first-order valence-electron chi connectivity index (χ1n) is 12.4. The molecule has 2 aromatic rings. The van der Waals surface area contributed by atoms with E-state index in [-0.39, 0.29) is 11.5 Å². The van der Waals surface area contributed by atoms with Crippen LogP contribution < -0.4 is 21.5 Å². The molecule has 0 heterocycles. The third-order valence-electron chi connectivity index (χ3n) is 5.29. The quantitative estimate of drug-likeness (QED) is 0.0722. The Morgan fingerprint density at radius 2 is 1.95 bits per heavy atom. The first-order valence-corrected chi connectivity index (χ1v) is 12.9. The molecule has 0 saturated carbocycles. The van der Waals surface area contributed by atoms with Crippen molar-refractivity contribution < 1.29 is 14.3 Å². The van der Waals surface area contributed by atoms with Crippen molar-refractivity contribution in [1.29, 1.82) is 0 Å². The molecule has 0 radical (unpaired) electrons. The number of allylic oxidation sites excluding steroid dienone is 1. The van der Waals surface area contributed by atoms with Gasteiger partial charge in [0.25, 0.3) is 0 Å². The number of hydrogen-bond donors (Lipinski definition) is 4. The maximum atomic E-state index is 10.7. The molecule has 1 atom stereocenters. The van der Waals surface area contributed by atoms with E-state index in [1.165, 1.54) is 6.20 Å². The number of ether oxygens (including phenoxy) is 2. The predicted octanol–water partition coefficient (Wildman–Crippen LogP) is 4.19. The molecule has 0 aliphatic carbocycles. The molecule has 0 spiro atoms. The summed E-state index contributed by atoms with van der Waals surface area (Å²) in [5.41, 5.74) is 13.8. The highest BCUT2D eigenvalue weighted by atomic mass is 32.1. The molecule has 202 valence electrons. The highest BCUT2D eigenvalue weighted by molar-refractivity contribution is 7.80. The molecule has 0 aliphatic heterocycles. The van der Waals surface area contributed by atoms with E-state index in [9.17, 15) is 4.79 Å². The highest BCUT2D eigenvalue weighted by Gasteiger charge is 2.18. The van der Waals surface area contributed by atoms with Crippen LogP contribution in [0.25, 0.3) is 6.08 Å². The number of nitrogens with zero attached hydrogens (tertiary/aromatic N) is 1. The van der Waals surface area contributed by atoms with Crippen LogP contribution >= 0.6 is 12.6 Å². The topological polar surface area (TPSA) is 112 Å². The van der Waals surface area contributed by atoms with Gasteiger partial charge in [0.2, 0.25) is 0 Å². The van der Waals surface area contributed by atoms with Crippen LogP contribution in [-0.4, -0.2) is 44.5 Å². The molecule has 0 fully saturated rings. The fraction of sp³-hybridized carbons (Fsp3) is 0.333. The van der Waals surface area contributed by atoms with Crippen LogP contribution in [0.3, 0.4) is 0 Å². The third kappa shape index (κ3) is 11.7. The van der Waals surface area contributed by atoms with Crippen LogP contribution in [-0.2, 0) is 9.53 Å². The Morgan fingerprint density at radius 1 is 1.21 bits per heavy atom. The summed E-state index contributed by atoms with van der Waals surface area (Å²) in [6, 6.07) is 15.2. The number of rotatable bonds is 14. The van der Waals surface area contributed by atoms with E-state index in [4.69, 9.17) is 20.9 Å². The van der Waals surface area contributed by atoms with Gasteiger partial charge in [-0.3, -0.25) is 0 Å². The molecular formula is C30H38N4O3S. The standard InChI is InChI=1S/C30H38N4O3S/c1-23(21-36-22-30(2,3)16-19-35)37-27-14-12-25(13-15-27)29(32)34-26(20-31)10-7-18-33-17-6-9-24-8-4-5-11-28(24)38/h4-6,8-9,11-15,19-20,23,33,38H,16-18,21-22,31H2,1-3H3,(H2,32,34)/b9-6+,26-20+. The van der Waals surface area contributed by atoms with Gasteiger partial charge in [-0.05, 0) is 54.2 Å². The van der Waals surface area contributed by atoms with Gasteiger partial charge in [0.1, 0.15) is 29.7 Å². The number of carbonyl (C=O) groups excluding carboxylic acids is 1. The Hall–Kier alpha value is -3.51. The lowest BCUT2D eigenvalue weighted by molar-refractivity contribution is -0.110. The van der Waals surface area contributed by atoms with Gasteiger partial charge >= 0.3 is 0 Å². The summed E-state index contributed by atoms with van der Waals surface area (Å²) in [6.07, 6.45) is 6.59. The lowest BCUT2D eigenvalue weighted by Gasteiger charge is -2.23. The Kier molecular flexibility index (Phi) is 13.2. The van der Waals surface area contributed by atoms with Crippen LogP contribution in [0.2, 0.25) is 0 Å². The molecule has 0 aliphatic rings. The van der Waals surface area contributed by atoms with E-state index in [0.717, 1.165) is 22.3 Å². The fourth-order valence-electron chi connectivity index (χ4n) is 3.22. The van der Waals surface area contributed by atoms with Gasteiger partial charge in [-0.1, -0.05) is 50.1 Å². The van der Waals surface area contributed by atoms with Gasteiger partial charge in [-0.25, -0.2) is 4.99 Å². The largest absolute Gasteiger partial charge is 0.488 e. The summed E-state index contributed by atoms with van der Waals surface area (Å²) in [5.74, 6) is 6.92. The smallest absolute Gasteiger partial charge is 0.132 e. The number of nitrogens with one attached hydrogen (secondary N) is 1. The third-order valence-corrected chi connectivity index (χ3v) is 5.70. The zero-order chi connectivity index (χ0) is 27.8. The molecule has 2 aromatic carbocycles. The molecule has 0 saturated heterocycles. The van der Waals surface area contributed by atoms with Gasteiger partial charge in [0.05, 0.1) is 19.8 Å². The lowest BCUT2D eigenvalue weighted by Crippen LogP contribution is -2.25. The lowest BCUT2D eigenvalue weighted by atomic mass is 9.91. The average molecular weight is 535 g/mol. The highest BCUT2D eigenvalue weighted by Crippen LogP contribution is 2.20. The van der Waals surface area contributed by atoms with Crippen LogP contribution in [0.4, 0.5) is 0 Å². The second kappa shape index (κ2) is 16.4. The Labute approximate surface area is 231 Å². The number of benzene rings is 2. The molecule has 0 amide bonds. The van der Waals surface area contributed by atoms with Gasteiger partial charge in [0, 0.05) is 29.6 Å². The number of aldehydes is 1. The molecule has 0 bridgehead atoms. The van der Waals surface area contributed by atoms with E-state index in [2.05, 4.69) is 34.8 Å². The fourth-order valence-corrected chi connectivity index (χ4v) is 3.46. The number of thiol groups is 1. The van der Waals surface area contributed by atoms with Gasteiger partial charge in [-0.2, -0.15) is 0 Å². The maximum Gasteiger partial charge on any atom is 0.132 e. The first-order chi connectivity index (χ1) is 18.2. The van der Waals surface area contributed by atoms with Crippen molar-refractivity contribution in [3.05, 3.63) is 77.6 Å². The van der Waals surface area contributed by atoms with Crippen LogP contribution in [0.15, 0.2) is 76.4 Å². The maximum absolute atomic E-state index is 10.7. The summed E-state index contributed by atoms with van der Waals surface area (Å²) in [4.78, 5) is 16.0. The van der Waals surface area contributed by atoms with Gasteiger partial charge in [-0.15, -0.1) is 12.6 Å². The minimum Gasteiger partial charge on any atom is -0.488 e. The number of hydrogen-bond acceptors (Lipinski definition) is 7. The SMILES string of the molecule is CC(COCC(C)(C)CC=O)Oc1ccc(/C(N)=N/C(C#CCNC/C=C/c2ccccc2S)=C/N)cc1. The van der Waals surface area contributed by atoms with Crippen molar-refractivity contribution in [3.63, 3.8) is 0 Å². The predicted molar refractivity (Wildman–Crippen MR) is 158 cm³/mol. The van der Waals surface area contributed by atoms with Crippen LogP contribution in [0, 0.1) is 17.3 Å². The zero-order valence-electron chi connectivity index (χ0n) is 22.3. The number of nitrogens with two attached hydrogens (primary N) is 2. The second-order valence-corrected chi connectivity index (χ2v) is 9.93. The number of aliphatic imine (C=N–C) groups is 1. The van der Waals surface area contributed by atoms with E-state index in [1.54, 1.807) is 0 Å². The van der Waals surface area contributed by atoms with Crippen LogP contribution in [0.5, 0.6) is 5.75 Å². The molecule has 1 unspecified atom stereocenters. The van der Waals surface area contributed by atoms with Crippen LogP contribution in [0.1, 0.15) is 38.3 Å². The van der Waals surface area contributed by atoms with Gasteiger partial charge in [0.15, 0.2) is 0 Å². The van der Waals surface area contributed by atoms with Gasteiger partial charge < -0.3 is 31.1 Å². The number of amidine groups is 1. The van der Waals surface area contributed by atoms with Crippen molar-refractivity contribution in [2.45, 2.75) is 38.2 Å². The average Bonchev–Trinajstić information content (AvgIpc) is 2.88. The molecule has 0 aromatic heterocycles. The molecule has 2 rings (SSSR count). The summed E-state index contributed by atoms with van der Waals surface area (Å²) in [5, 5.41) is 3.22.